The molecule has 0 saturated heterocycles. The van der Waals surface area contributed by atoms with Crippen molar-refractivity contribution in [3.8, 4) is 0 Å². The molecule has 0 aliphatic heterocycles. The van der Waals surface area contributed by atoms with Crippen LogP contribution in [0.2, 0.25) is 0 Å². The van der Waals surface area contributed by atoms with Gasteiger partial charge in [-0.05, 0) is 53.4 Å². The Kier molecular flexibility index (Phi) is 5.15. The van der Waals surface area contributed by atoms with Gasteiger partial charge in [0.25, 0.3) is 0 Å². The van der Waals surface area contributed by atoms with Crippen molar-refractivity contribution >= 4 is 28.7 Å². The van der Waals surface area contributed by atoms with E-state index in [2.05, 4.69) is 57.9 Å². The monoisotopic (exact) mass is 368 g/mol. The summed E-state index contributed by atoms with van der Waals surface area (Å²) in [5, 5.41) is 1.18. The number of para-hydroxylation sites is 1. The fourth-order valence-corrected chi connectivity index (χ4v) is 3.15. The topological polar surface area (TPSA) is 58.4 Å². The van der Waals surface area contributed by atoms with Crippen molar-refractivity contribution < 1.29 is 4.79 Å². The lowest BCUT2D eigenvalue weighted by Crippen LogP contribution is -2.21. The first-order valence-electron chi connectivity index (χ1n) is 9.06. The molecule has 5 heteroatoms. The third kappa shape index (κ3) is 3.94. The second-order valence-corrected chi connectivity index (χ2v) is 6.37. The SMILES string of the molecule is O=CNNc1ccc(N=c2ccc3ccccc3n2Cc2ccccc2)cc1. The largest absolute Gasteiger partial charge is 0.321 e. The van der Waals surface area contributed by atoms with E-state index in [0.717, 1.165) is 28.9 Å². The quantitative estimate of drug-likeness (QED) is 0.399. The molecule has 3 aromatic carbocycles. The number of fused-ring (bicyclic) bond motifs is 1. The third-order valence-electron chi connectivity index (χ3n) is 4.49. The van der Waals surface area contributed by atoms with Crippen LogP contribution >= 0.6 is 0 Å². The Balaban J connectivity index is 1.78. The van der Waals surface area contributed by atoms with E-state index in [9.17, 15) is 4.79 Å². The van der Waals surface area contributed by atoms with Gasteiger partial charge in [0.2, 0.25) is 6.41 Å². The minimum absolute atomic E-state index is 0.597. The van der Waals surface area contributed by atoms with Crippen LogP contribution in [-0.2, 0) is 11.3 Å². The Morgan fingerprint density at radius 3 is 2.36 bits per heavy atom. The van der Waals surface area contributed by atoms with E-state index in [-0.39, 0.29) is 0 Å². The highest BCUT2D eigenvalue weighted by Gasteiger charge is 2.03. The van der Waals surface area contributed by atoms with Crippen molar-refractivity contribution in [3.63, 3.8) is 0 Å². The number of aromatic nitrogens is 1. The number of rotatable bonds is 6. The van der Waals surface area contributed by atoms with Gasteiger partial charge in [-0.2, -0.15) is 0 Å². The molecular formula is C23H20N4O. The molecule has 1 amide bonds. The summed E-state index contributed by atoms with van der Waals surface area (Å²) < 4.78 is 2.23. The molecule has 0 unspecified atom stereocenters. The van der Waals surface area contributed by atoms with Crippen LogP contribution in [0.5, 0.6) is 0 Å². The number of amides is 1. The molecule has 0 aliphatic rings. The highest BCUT2D eigenvalue weighted by atomic mass is 16.1. The van der Waals surface area contributed by atoms with Crippen LogP contribution in [0, 0.1) is 0 Å². The lowest BCUT2D eigenvalue weighted by molar-refractivity contribution is -0.109. The summed E-state index contributed by atoms with van der Waals surface area (Å²) in [4.78, 5) is 15.2. The predicted molar refractivity (Wildman–Crippen MR) is 112 cm³/mol. The van der Waals surface area contributed by atoms with Gasteiger partial charge in [-0.3, -0.25) is 15.6 Å². The number of hydrazine groups is 1. The molecule has 0 spiro atoms. The van der Waals surface area contributed by atoms with Gasteiger partial charge < -0.3 is 4.57 Å². The summed E-state index contributed by atoms with van der Waals surface area (Å²) in [5.74, 6) is 0. The molecular weight excluding hydrogens is 348 g/mol. The molecule has 2 N–H and O–H groups in total. The van der Waals surface area contributed by atoms with Crippen molar-refractivity contribution in [1.82, 2.24) is 9.99 Å². The molecule has 0 aliphatic carbocycles. The normalized spacial score (nSPS) is 11.4. The van der Waals surface area contributed by atoms with E-state index in [4.69, 9.17) is 4.99 Å². The maximum atomic E-state index is 10.4. The zero-order valence-electron chi connectivity index (χ0n) is 15.2. The molecule has 1 heterocycles. The van der Waals surface area contributed by atoms with E-state index in [1.165, 1.54) is 10.9 Å². The lowest BCUT2D eigenvalue weighted by atomic mass is 10.2. The van der Waals surface area contributed by atoms with E-state index in [1.54, 1.807) is 0 Å². The summed E-state index contributed by atoms with van der Waals surface area (Å²) in [6.07, 6.45) is 0.597. The van der Waals surface area contributed by atoms with Gasteiger partial charge >= 0.3 is 0 Å². The van der Waals surface area contributed by atoms with Crippen LogP contribution in [-0.4, -0.2) is 11.0 Å². The van der Waals surface area contributed by atoms with E-state index < -0.39 is 0 Å². The molecule has 28 heavy (non-hydrogen) atoms. The molecule has 4 rings (SSSR count). The minimum atomic E-state index is 0.597. The number of hydrogen-bond donors (Lipinski definition) is 2. The van der Waals surface area contributed by atoms with Gasteiger partial charge in [-0.25, -0.2) is 4.99 Å². The number of carbonyl (C=O) groups excluding carboxylic acids is 1. The third-order valence-corrected chi connectivity index (χ3v) is 4.49. The van der Waals surface area contributed by atoms with Crippen molar-refractivity contribution in [2.24, 2.45) is 4.99 Å². The van der Waals surface area contributed by atoms with Crippen molar-refractivity contribution in [3.05, 3.63) is 102 Å². The average molecular weight is 368 g/mol. The van der Waals surface area contributed by atoms with Crippen LogP contribution < -0.4 is 16.3 Å². The van der Waals surface area contributed by atoms with Gasteiger partial charge in [-0.1, -0.05) is 48.5 Å². The molecule has 5 nitrogen and oxygen atoms in total. The number of benzene rings is 3. The second kappa shape index (κ2) is 8.22. The van der Waals surface area contributed by atoms with Crippen molar-refractivity contribution in [2.75, 3.05) is 5.43 Å². The first-order valence-corrected chi connectivity index (χ1v) is 9.06. The Morgan fingerprint density at radius 1 is 0.821 bits per heavy atom. The first kappa shape index (κ1) is 17.5. The predicted octanol–water partition coefficient (Wildman–Crippen LogP) is 3.99. The van der Waals surface area contributed by atoms with Gasteiger partial charge in [0, 0.05) is 12.1 Å². The second-order valence-electron chi connectivity index (χ2n) is 6.37. The van der Waals surface area contributed by atoms with Crippen molar-refractivity contribution in [2.45, 2.75) is 6.54 Å². The number of carbonyl (C=O) groups is 1. The standard InChI is InChI=1S/C23H20N4O/c28-17-24-26-21-13-11-20(12-14-21)25-23-15-10-19-8-4-5-9-22(19)27(23)16-18-6-2-1-3-7-18/h1-15,17,26H,16H2,(H,24,28). The fourth-order valence-electron chi connectivity index (χ4n) is 3.15. The summed E-state index contributed by atoms with van der Waals surface area (Å²) in [6, 6.07) is 30.4. The Labute approximate surface area is 163 Å². The summed E-state index contributed by atoms with van der Waals surface area (Å²) in [7, 11) is 0. The molecule has 138 valence electrons. The summed E-state index contributed by atoms with van der Waals surface area (Å²) >= 11 is 0. The van der Waals surface area contributed by atoms with Crippen LogP contribution in [0.1, 0.15) is 5.56 Å². The molecule has 0 atom stereocenters. The zero-order valence-corrected chi connectivity index (χ0v) is 15.2. The van der Waals surface area contributed by atoms with Crippen LogP contribution in [0.15, 0.2) is 96.0 Å². The average Bonchev–Trinajstić information content (AvgIpc) is 2.75. The number of hydrogen-bond acceptors (Lipinski definition) is 3. The van der Waals surface area contributed by atoms with Gasteiger partial charge in [0.1, 0.15) is 5.49 Å². The molecule has 0 bridgehead atoms. The fraction of sp³-hybridized carbons (Fsp3) is 0.0435. The van der Waals surface area contributed by atoms with E-state index in [1.807, 2.05) is 48.5 Å². The van der Waals surface area contributed by atoms with Gasteiger partial charge in [0.15, 0.2) is 0 Å². The lowest BCUT2D eigenvalue weighted by Gasteiger charge is -2.12. The number of pyridine rings is 1. The molecule has 0 radical (unpaired) electrons. The van der Waals surface area contributed by atoms with E-state index >= 15 is 0 Å². The van der Waals surface area contributed by atoms with Crippen LogP contribution in [0.3, 0.4) is 0 Å². The van der Waals surface area contributed by atoms with Gasteiger partial charge in [-0.15, -0.1) is 0 Å². The smallest absolute Gasteiger partial charge is 0.225 e. The van der Waals surface area contributed by atoms with Gasteiger partial charge in [0.05, 0.1) is 11.4 Å². The highest BCUT2D eigenvalue weighted by molar-refractivity contribution is 5.78. The summed E-state index contributed by atoms with van der Waals surface area (Å²) in [5.41, 5.74) is 10.1. The number of nitrogens with one attached hydrogen (secondary N) is 2. The molecule has 1 aromatic heterocycles. The zero-order chi connectivity index (χ0) is 19.2. The maximum Gasteiger partial charge on any atom is 0.225 e. The molecule has 4 aromatic rings. The van der Waals surface area contributed by atoms with E-state index in [0.29, 0.717) is 6.41 Å². The number of nitrogens with zero attached hydrogens (tertiary/aromatic N) is 2. The molecule has 0 fully saturated rings. The maximum absolute atomic E-state index is 10.4. The Bertz CT molecular complexity index is 1150. The molecule has 0 saturated carbocycles. The number of anilines is 1. The Morgan fingerprint density at radius 2 is 1.57 bits per heavy atom. The van der Waals surface area contributed by atoms with Crippen molar-refractivity contribution in [1.29, 1.82) is 0 Å². The van der Waals surface area contributed by atoms with Crippen LogP contribution in [0.4, 0.5) is 11.4 Å². The minimum Gasteiger partial charge on any atom is -0.321 e. The first-order chi connectivity index (χ1) is 13.8. The Hall–Kier alpha value is -3.86. The highest BCUT2D eigenvalue weighted by Crippen LogP contribution is 2.17. The summed E-state index contributed by atoms with van der Waals surface area (Å²) in [6.45, 7) is 0.740. The van der Waals surface area contributed by atoms with Crippen LogP contribution in [0.25, 0.3) is 10.9 Å².